The van der Waals surface area contributed by atoms with Crippen LogP contribution in [0.4, 0.5) is 0 Å². The number of rotatable bonds is 9. The smallest absolute Gasteiger partial charge is 0.251 e. The van der Waals surface area contributed by atoms with Gasteiger partial charge < -0.3 is 10.1 Å². The van der Waals surface area contributed by atoms with E-state index >= 15 is 0 Å². The first-order valence-corrected chi connectivity index (χ1v) is 11.3. The number of thioether (sulfide) groups is 1. The van der Waals surface area contributed by atoms with Gasteiger partial charge >= 0.3 is 0 Å². The Kier molecular flexibility index (Phi) is 7.97. The number of hydrogen-bond donors (Lipinski definition) is 1. The highest BCUT2D eigenvalue weighted by Crippen LogP contribution is 2.25. The molecule has 3 rings (SSSR count). The van der Waals surface area contributed by atoms with Crippen LogP contribution in [0.25, 0.3) is 0 Å². The third-order valence-electron chi connectivity index (χ3n) is 4.90. The minimum Gasteiger partial charge on any atom is -0.497 e. The number of amides is 1. The van der Waals surface area contributed by atoms with Crippen molar-refractivity contribution in [2.24, 2.45) is 5.92 Å². The first-order valence-electron chi connectivity index (χ1n) is 10.3. The molecule has 4 heteroatoms. The van der Waals surface area contributed by atoms with E-state index in [0.29, 0.717) is 11.5 Å². The molecular weight excluding hydrogens is 390 g/mol. The predicted molar refractivity (Wildman–Crippen MR) is 125 cm³/mol. The van der Waals surface area contributed by atoms with E-state index < -0.39 is 0 Å². The van der Waals surface area contributed by atoms with E-state index in [2.05, 4.69) is 31.3 Å². The maximum Gasteiger partial charge on any atom is 0.251 e. The number of benzene rings is 3. The maximum atomic E-state index is 12.9. The second-order valence-electron chi connectivity index (χ2n) is 7.73. The molecular formula is C26H29NO2S. The monoisotopic (exact) mass is 419 g/mol. The molecule has 0 unspecified atom stereocenters. The molecule has 3 aromatic carbocycles. The van der Waals surface area contributed by atoms with Gasteiger partial charge in [-0.25, -0.2) is 0 Å². The van der Waals surface area contributed by atoms with E-state index in [0.717, 1.165) is 23.5 Å². The fourth-order valence-corrected chi connectivity index (χ4v) is 4.14. The lowest BCUT2D eigenvalue weighted by Gasteiger charge is -2.21. The van der Waals surface area contributed by atoms with Gasteiger partial charge in [-0.3, -0.25) is 4.79 Å². The molecule has 3 aromatic rings. The third kappa shape index (κ3) is 6.39. The zero-order valence-corrected chi connectivity index (χ0v) is 18.6. The molecule has 156 valence electrons. The summed E-state index contributed by atoms with van der Waals surface area (Å²) in [7, 11) is 1.66. The summed E-state index contributed by atoms with van der Waals surface area (Å²) in [5, 5.41) is 3.21. The van der Waals surface area contributed by atoms with Crippen molar-refractivity contribution < 1.29 is 9.53 Å². The van der Waals surface area contributed by atoms with Gasteiger partial charge in [0, 0.05) is 16.2 Å². The summed E-state index contributed by atoms with van der Waals surface area (Å²) in [6.07, 6.45) is 0.879. The third-order valence-corrected chi connectivity index (χ3v) is 5.98. The lowest BCUT2D eigenvalue weighted by molar-refractivity contribution is 0.0932. The molecule has 0 aliphatic carbocycles. The molecule has 0 aliphatic rings. The predicted octanol–water partition coefficient (Wildman–Crippen LogP) is 6.50. The molecule has 3 nitrogen and oxygen atoms in total. The molecule has 0 aliphatic heterocycles. The molecule has 1 amide bonds. The highest BCUT2D eigenvalue weighted by atomic mass is 32.2. The zero-order chi connectivity index (χ0) is 21.3. The fraction of sp³-hybridized carbons (Fsp3) is 0.269. The highest BCUT2D eigenvalue weighted by Gasteiger charge is 2.17. The standard InChI is InChI=1S/C26H29NO2S/c1-19(2)17-25(21-13-15-23(29-3)16-14-21)27-26(28)22-11-9-20(10-12-22)18-30-24-7-5-4-6-8-24/h4-16,19,25H,17-18H2,1-3H3,(H,27,28)/t25-/m1/s1. The van der Waals surface area contributed by atoms with Crippen molar-refractivity contribution in [1.29, 1.82) is 0 Å². The zero-order valence-electron chi connectivity index (χ0n) is 17.8. The van der Waals surface area contributed by atoms with E-state index in [1.807, 2.05) is 66.7 Å². The Morgan fingerprint density at radius 2 is 1.60 bits per heavy atom. The van der Waals surface area contributed by atoms with Gasteiger partial charge in [-0.15, -0.1) is 11.8 Å². The Balaban J connectivity index is 1.64. The number of carbonyl (C=O) groups excluding carboxylic acids is 1. The van der Waals surface area contributed by atoms with Crippen molar-refractivity contribution in [3.63, 3.8) is 0 Å². The van der Waals surface area contributed by atoms with Gasteiger partial charge in [0.25, 0.3) is 5.91 Å². The summed E-state index contributed by atoms with van der Waals surface area (Å²) < 4.78 is 5.25. The van der Waals surface area contributed by atoms with Gasteiger partial charge in [0.05, 0.1) is 13.2 Å². The lowest BCUT2D eigenvalue weighted by atomic mass is 9.96. The van der Waals surface area contributed by atoms with E-state index in [1.54, 1.807) is 18.9 Å². The van der Waals surface area contributed by atoms with Crippen molar-refractivity contribution >= 4 is 17.7 Å². The van der Waals surface area contributed by atoms with Crippen LogP contribution >= 0.6 is 11.8 Å². The van der Waals surface area contributed by atoms with Gasteiger partial charge in [0.2, 0.25) is 0 Å². The summed E-state index contributed by atoms with van der Waals surface area (Å²) in [6.45, 7) is 4.34. The number of methoxy groups -OCH3 is 1. The van der Waals surface area contributed by atoms with Gasteiger partial charge in [-0.2, -0.15) is 0 Å². The second-order valence-corrected chi connectivity index (χ2v) is 8.78. The largest absolute Gasteiger partial charge is 0.497 e. The Labute approximate surface area is 183 Å². The molecule has 0 bridgehead atoms. The second kappa shape index (κ2) is 10.9. The van der Waals surface area contributed by atoms with Crippen LogP contribution in [0.5, 0.6) is 5.75 Å². The van der Waals surface area contributed by atoms with Crippen molar-refractivity contribution in [1.82, 2.24) is 5.32 Å². The molecule has 30 heavy (non-hydrogen) atoms. The maximum absolute atomic E-state index is 12.9. The van der Waals surface area contributed by atoms with Crippen molar-refractivity contribution in [3.8, 4) is 5.75 Å². The van der Waals surface area contributed by atoms with E-state index in [-0.39, 0.29) is 11.9 Å². The summed E-state index contributed by atoms with van der Waals surface area (Å²) in [4.78, 5) is 14.1. The van der Waals surface area contributed by atoms with Crippen LogP contribution in [0.3, 0.4) is 0 Å². The van der Waals surface area contributed by atoms with Gasteiger partial charge in [0.1, 0.15) is 5.75 Å². The van der Waals surface area contributed by atoms with Crippen molar-refractivity contribution in [2.45, 2.75) is 37.0 Å². The minimum atomic E-state index is -0.0428. The van der Waals surface area contributed by atoms with Crippen LogP contribution < -0.4 is 10.1 Å². The average molecular weight is 420 g/mol. The first kappa shape index (κ1) is 22.0. The SMILES string of the molecule is COc1ccc([C@@H](CC(C)C)NC(=O)c2ccc(CSc3ccccc3)cc2)cc1. The quantitative estimate of drug-likeness (QED) is 0.402. The van der Waals surface area contributed by atoms with Crippen LogP contribution in [0, 0.1) is 5.92 Å². The Hall–Kier alpha value is -2.72. The molecule has 1 atom stereocenters. The average Bonchev–Trinajstić information content (AvgIpc) is 2.78. The van der Waals surface area contributed by atoms with E-state index in [4.69, 9.17) is 4.74 Å². The molecule has 0 fully saturated rings. The summed E-state index contributed by atoms with van der Waals surface area (Å²) in [6, 6.07) is 26.1. The molecule has 0 saturated heterocycles. The molecule has 0 saturated carbocycles. The molecule has 0 spiro atoms. The van der Waals surface area contributed by atoms with Gasteiger partial charge in [0.15, 0.2) is 0 Å². The van der Waals surface area contributed by atoms with Crippen molar-refractivity contribution in [2.75, 3.05) is 7.11 Å². The van der Waals surface area contributed by atoms with E-state index in [1.165, 1.54) is 10.5 Å². The van der Waals surface area contributed by atoms with E-state index in [9.17, 15) is 4.79 Å². The first-order chi connectivity index (χ1) is 14.5. The van der Waals surface area contributed by atoms with Crippen LogP contribution in [-0.2, 0) is 5.75 Å². The lowest BCUT2D eigenvalue weighted by Crippen LogP contribution is -2.29. The summed E-state index contributed by atoms with van der Waals surface area (Å²) in [5.74, 6) is 2.12. The fourth-order valence-electron chi connectivity index (χ4n) is 3.26. The number of ether oxygens (including phenoxy) is 1. The number of hydrogen-bond acceptors (Lipinski definition) is 3. The summed E-state index contributed by atoms with van der Waals surface area (Å²) in [5.41, 5.74) is 2.98. The van der Waals surface area contributed by atoms with Crippen LogP contribution in [0.15, 0.2) is 83.8 Å². The number of carbonyl (C=O) groups is 1. The molecule has 0 radical (unpaired) electrons. The van der Waals surface area contributed by atoms with Crippen LogP contribution in [0.2, 0.25) is 0 Å². The Morgan fingerprint density at radius 1 is 0.933 bits per heavy atom. The molecule has 0 aromatic heterocycles. The molecule has 0 heterocycles. The Bertz CT molecular complexity index is 922. The van der Waals surface area contributed by atoms with Gasteiger partial charge in [-0.05, 0) is 59.9 Å². The van der Waals surface area contributed by atoms with Gasteiger partial charge in [-0.1, -0.05) is 56.3 Å². The summed E-state index contributed by atoms with van der Waals surface area (Å²) >= 11 is 1.79. The normalized spacial score (nSPS) is 11.9. The minimum absolute atomic E-state index is 0.0308. The van der Waals surface area contributed by atoms with Crippen LogP contribution in [-0.4, -0.2) is 13.0 Å². The van der Waals surface area contributed by atoms with Crippen LogP contribution in [0.1, 0.15) is 47.8 Å². The topological polar surface area (TPSA) is 38.3 Å². The van der Waals surface area contributed by atoms with Crippen molar-refractivity contribution in [3.05, 3.63) is 95.6 Å². The molecule has 1 N–H and O–H groups in total. The number of nitrogens with one attached hydrogen (secondary N) is 1. The Morgan fingerprint density at radius 3 is 2.20 bits per heavy atom. The highest BCUT2D eigenvalue weighted by molar-refractivity contribution is 7.98.